The van der Waals surface area contributed by atoms with Gasteiger partial charge in [-0.3, -0.25) is 0 Å². The molecule has 0 radical (unpaired) electrons. The molecule has 0 amide bonds. The van der Waals surface area contributed by atoms with Gasteiger partial charge in [0.2, 0.25) is 0 Å². The summed E-state index contributed by atoms with van der Waals surface area (Å²) < 4.78 is 2.38. The SMILES string of the molecule is Cc1cc2ccccc2n1CCNC(C)(C)C. The lowest BCUT2D eigenvalue weighted by Gasteiger charge is -2.21. The van der Waals surface area contributed by atoms with Crippen LogP contribution in [0.1, 0.15) is 26.5 Å². The van der Waals surface area contributed by atoms with Gasteiger partial charge in [-0.25, -0.2) is 0 Å². The number of nitrogens with zero attached hydrogens (tertiary/aromatic N) is 1. The van der Waals surface area contributed by atoms with E-state index in [9.17, 15) is 0 Å². The quantitative estimate of drug-likeness (QED) is 0.855. The molecule has 0 saturated carbocycles. The van der Waals surface area contributed by atoms with E-state index in [0.717, 1.165) is 13.1 Å². The van der Waals surface area contributed by atoms with Crippen molar-refractivity contribution in [2.75, 3.05) is 6.54 Å². The average molecular weight is 230 g/mol. The van der Waals surface area contributed by atoms with Crippen LogP contribution in [0.3, 0.4) is 0 Å². The van der Waals surface area contributed by atoms with Crippen molar-refractivity contribution in [3.05, 3.63) is 36.0 Å². The minimum absolute atomic E-state index is 0.191. The van der Waals surface area contributed by atoms with Crippen molar-refractivity contribution in [2.45, 2.75) is 39.8 Å². The van der Waals surface area contributed by atoms with Crippen LogP contribution in [0.15, 0.2) is 30.3 Å². The van der Waals surface area contributed by atoms with Crippen LogP contribution in [-0.4, -0.2) is 16.7 Å². The number of fused-ring (bicyclic) bond motifs is 1. The molecule has 1 aromatic carbocycles. The lowest BCUT2D eigenvalue weighted by atomic mass is 10.1. The van der Waals surface area contributed by atoms with E-state index >= 15 is 0 Å². The average Bonchev–Trinajstić information content (AvgIpc) is 2.54. The maximum Gasteiger partial charge on any atom is 0.0482 e. The Morgan fingerprint density at radius 1 is 1.18 bits per heavy atom. The Bertz CT molecular complexity index is 503. The second-order valence-electron chi connectivity index (χ2n) is 5.67. The highest BCUT2D eigenvalue weighted by Crippen LogP contribution is 2.18. The number of nitrogens with one attached hydrogen (secondary N) is 1. The molecule has 2 heteroatoms. The normalized spacial score (nSPS) is 12.2. The molecule has 0 bridgehead atoms. The standard InChI is InChI=1S/C15H22N2/c1-12-11-13-7-5-6-8-14(13)17(12)10-9-16-15(2,3)4/h5-8,11,16H,9-10H2,1-4H3. The van der Waals surface area contributed by atoms with E-state index in [1.165, 1.54) is 16.6 Å². The van der Waals surface area contributed by atoms with Crippen LogP contribution in [0.2, 0.25) is 0 Å². The molecule has 2 nitrogen and oxygen atoms in total. The third-order valence-electron chi connectivity index (χ3n) is 3.01. The van der Waals surface area contributed by atoms with Crippen LogP contribution >= 0.6 is 0 Å². The van der Waals surface area contributed by atoms with E-state index in [0.29, 0.717) is 0 Å². The first kappa shape index (κ1) is 12.2. The van der Waals surface area contributed by atoms with Gasteiger partial charge >= 0.3 is 0 Å². The largest absolute Gasteiger partial charge is 0.344 e. The van der Waals surface area contributed by atoms with E-state index in [1.807, 2.05) is 0 Å². The number of hydrogen-bond acceptors (Lipinski definition) is 1. The van der Waals surface area contributed by atoms with Crippen LogP contribution in [-0.2, 0) is 6.54 Å². The zero-order valence-corrected chi connectivity index (χ0v) is 11.2. The number of benzene rings is 1. The van der Waals surface area contributed by atoms with Crippen molar-refractivity contribution >= 4 is 10.9 Å². The maximum absolute atomic E-state index is 3.53. The molecular formula is C15H22N2. The van der Waals surface area contributed by atoms with Gasteiger partial charge in [-0.05, 0) is 45.2 Å². The molecule has 0 unspecified atom stereocenters. The number of hydrogen-bond donors (Lipinski definition) is 1. The smallest absolute Gasteiger partial charge is 0.0482 e. The summed E-state index contributed by atoms with van der Waals surface area (Å²) in [7, 11) is 0. The zero-order valence-electron chi connectivity index (χ0n) is 11.2. The molecule has 0 fully saturated rings. The van der Waals surface area contributed by atoms with E-state index in [4.69, 9.17) is 0 Å². The molecule has 92 valence electrons. The van der Waals surface area contributed by atoms with E-state index in [1.54, 1.807) is 0 Å². The molecule has 17 heavy (non-hydrogen) atoms. The molecule has 0 aliphatic heterocycles. The Labute approximate surface area is 104 Å². The van der Waals surface area contributed by atoms with Crippen molar-refractivity contribution in [3.8, 4) is 0 Å². The Kier molecular flexibility index (Phi) is 3.25. The summed E-state index contributed by atoms with van der Waals surface area (Å²) in [6.45, 7) is 10.8. The van der Waals surface area contributed by atoms with Crippen molar-refractivity contribution < 1.29 is 0 Å². The molecule has 0 atom stereocenters. The summed E-state index contributed by atoms with van der Waals surface area (Å²) in [5.41, 5.74) is 2.86. The van der Waals surface area contributed by atoms with Crippen molar-refractivity contribution in [1.82, 2.24) is 9.88 Å². The Morgan fingerprint density at radius 2 is 1.88 bits per heavy atom. The molecule has 1 N–H and O–H groups in total. The molecule has 0 aliphatic carbocycles. The van der Waals surface area contributed by atoms with Crippen LogP contribution in [0.25, 0.3) is 10.9 Å². The van der Waals surface area contributed by atoms with Crippen molar-refractivity contribution in [1.29, 1.82) is 0 Å². The third kappa shape index (κ3) is 2.89. The molecule has 1 heterocycles. The lowest BCUT2D eigenvalue weighted by Crippen LogP contribution is -2.37. The monoisotopic (exact) mass is 230 g/mol. The van der Waals surface area contributed by atoms with Crippen molar-refractivity contribution in [3.63, 3.8) is 0 Å². The minimum Gasteiger partial charge on any atom is -0.344 e. The fourth-order valence-corrected chi connectivity index (χ4v) is 2.19. The van der Waals surface area contributed by atoms with Gasteiger partial charge in [-0.2, -0.15) is 0 Å². The van der Waals surface area contributed by atoms with Gasteiger partial charge in [-0.15, -0.1) is 0 Å². The highest BCUT2D eigenvalue weighted by atomic mass is 15.0. The topological polar surface area (TPSA) is 17.0 Å². The molecule has 2 aromatic rings. The van der Waals surface area contributed by atoms with Crippen LogP contribution in [0.5, 0.6) is 0 Å². The summed E-state index contributed by atoms with van der Waals surface area (Å²) in [4.78, 5) is 0. The summed E-state index contributed by atoms with van der Waals surface area (Å²) in [5.74, 6) is 0. The predicted octanol–water partition coefficient (Wildman–Crippen LogP) is 3.34. The van der Waals surface area contributed by atoms with Gasteiger partial charge in [-0.1, -0.05) is 18.2 Å². The van der Waals surface area contributed by atoms with Gasteiger partial charge < -0.3 is 9.88 Å². The van der Waals surface area contributed by atoms with Crippen molar-refractivity contribution in [2.24, 2.45) is 0 Å². The van der Waals surface area contributed by atoms with Gasteiger partial charge in [0.15, 0.2) is 0 Å². The molecule has 2 rings (SSSR count). The first-order valence-corrected chi connectivity index (χ1v) is 6.27. The molecule has 0 saturated heterocycles. The predicted molar refractivity (Wildman–Crippen MR) is 74.4 cm³/mol. The molecule has 0 spiro atoms. The first-order valence-electron chi connectivity index (χ1n) is 6.27. The second kappa shape index (κ2) is 4.53. The molecule has 0 aliphatic rings. The number of para-hydroxylation sites is 1. The number of aryl methyl sites for hydroxylation is 1. The van der Waals surface area contributed by atoms with Gasteiger partial charge in [0.1, 0.15) is 0 Å². The lowest BCUT2D eigenvalue weighted by molar-refractivity contribution is 0.413. The van der Waals surface area contributed by atoms with Crippen LogP contribution in [0.4, 0.5) is 0 Å². The highest BCUT2D eigenvalue weighted by Gasteiger charge is 2.09. The summed E-state index contributed by atoms with van der Waals surface area (Å²) in [5, 5.41) is 4.87. The van der Waals surface area contributed by atoms with Gasteiger partial charge in [0.25, 0.3) is 0 Å². The maximum atomic E-state index is 3.53. The molecular weight excluding hydrogens is 208 g/mol. The molecule has 1 aromatic heterocycles. The van der Waals surface area contributed by atoms with E-state index in [-0.39, 0.29) is 5.54 Å². The Morgan fingerprint density at radius 3 is 2.59 bits per heavy atom. The number of aromatic nitrogens is 1. The fraction of sp³-hybridized carbons (Fsp3) is 0.467. The second-order valence-corrected chi connectivity index (χ2v) is 5.67. The first-order chi connectivity index (χ1) is 7.97. The highest BCUT2D eigenvalue weighted by molar-refractivity contribution is 5.81. The fourth-order valence-electron chi connectivity index (χ4n) is 2.19. The Balaban J connectivity index is 2.15. The summed E-state index contributed by atoms with van der Waals surface area (Å²) in [6.07, 6.45) is 0. The van der Waals surface area contributed by atoms with E-state index < -0.39 is 0 Å². The van der Waals surface area contributed by atoms with Gasteiger partial charge in [0.05, 0.1) is 0 Å². The number of rotatable bonds is 3. The summed E-state index contributed by atoms with van der Waals surface area (Å²) in [6, 6.07) is 10.8. The minimum atomic E-state index is 0.191. The third-order valence-corrected chi connectivity index (χ3v) is 3.01. The van der Waals surface area contributed by atoms with Crippen LogP contribution in [0, 0.1) is 6.92 Å². The van der Waals surface area contributed by atoms with E-state index in [2.05, 4.69) is 67.9 Å². The van der Waals surface area contributed by atoms with Crippen LogP contribution < -0.4 is 5.32 Å². The Hall–Kier alpha value is -1.28. The summed E-state index contributed by atoms with van der Waals surface area (Å²) >= 11 is 0. The van der Waals surface area contributed by atoms with Gasteiger partial charge in [0, 0.05) is 29.8 Å². The zero-order chi connectivity index (χ0) is 12.5.